The maximum Gasteiger partial charge on any atom is 0.258 e. The normalized spacial score (nSPS) is 16.3. The maximum absolute atomic E-state index is 13.8. The summed E-state index contributed by atoms with van der Waals surface area (Å²) in [5, 5.41) is 23.2. The van der Waals surface area contributed by atoms with Crippen molar-refractivity contribution in [3.05, 3.63) is 88.7 Å². The molecule has 1 aromatic heterocycles. The lowest BCUT2D eigenvalue weighted by Gasteiger charge is -2.22. The van der Waals surface area contributed by atoms with Crippen LogP contribution in [0.15, 0.2) is 67.0 Å². The van der Waals surface area contributed by atoms with Crippen LogP contribution in [0.4, 0.5) is 5.69 Å². The van der Waals surface area contributed by atoms with Crippen molar-refractivity contribution in [1.82, 2.24) is 20.1 Å². The molecule has 1 fully saturated rings. The number of nitrogens with zero attached hydrogens (tertiary/aromatic N) is 4. The van der Waals surface area contributed by atoms with Gasteiger partial charge in [0.1, 0.15) is 6.33 Å². The monoisotopic (exact) mass is 527 g/mol. The van der Waals surface area contributed by atoms with E-state index in [-0.39, 0.29) is 5.91 Å². The Balaban J connectivity index is 1.32. The molecule has 0 radical (unpaired) electrons. The average Bonchev–Trinajstić information content (AvgIpc) is 3.63. The lowest BCUT2D eigenvalue weighted by molar-refractivity contribution is 0.0474. The zero-order valence-electron chi connectivity index (χ0n) is 21.3. The van der Waals surface area contributed by atoms with Gasteiger partial charge in [0.05, 0.1) is 23.4 Å². The standard InChI is InChI=1S/C30H30ClN5O2/c1-35-19-33-34-28(35)27-24(21-9-11-23(31)12-10-21)5-4-6-26(27)36-17-22-8-7-20(15-25(22)29(36)37)16-32-18-30(38)13-2-3-14-30/h4-12,15,19,32,38H,2-3,13-14,16-18H2,1H3. The molecular weight excluding hydrogens is 498 g/mol. The highest BCUT2D eigenvalue weighted by atomic mass is 35.5. The first kappa shape index (κ1) is 24.8. The molecule has 0 atom stereocenters. The fourth-order valence-electron chi connectivity index (χ4n) is 5.68. The number of carbonyl (C=O) groups is 1. The van der Waals surface area contributed by atoms with Crippen LogP contribution in [0.1, 0.15) is 47.2 Å². The van der Waals surface area contributed by atoms with Gasteiger partial charge in [-0.25, -0.2) is 0 Å². The molecule has 4 aromatic rings. The number of benzene rings is 3. The van der Waals surface area contributed by atoms with Gasteiger partial charge < -0.3 is 19.9 Å². The van der Waals surface area contributed by atoms with Crippen LogP contribution < -0.4 is 10.2 Å². The molecule has 194 valence electrons. The maximum atomic E-state index is 13.8. The van der Waals surface area contributed by atoms with Crippen molar-refractivity contribution in [1.29, 1.82) is 0 Å². The second kappa shape index (κ2) is 9.98. The van der Waals surface area contributed by atoms with E-state index < -0.39 is 5.60 Å². The minimum Gasteiger partial charge on any atom is -0.389 e. The van der Waals surface area contributed by atoms with Crippen molar-refractivity contribution in [2.75, 3.05) is 11.4 Å². The van der Waals surface area contributed by atoms with Gasteiger partial charge in [0.2, 0.25) is 0 Å². The lowest BCUT2D eigenvalue weighted by atomic mass is 9.97. The molecule has 38 heavy (non-hydrogen) atoms. The smallest absolute Gasteiger partial charge is 0.258 e. The summed E-state index contributed by atoms with van der Waals surface area (Å²) in [6.07, 6.45) is 5.52. The number of anilines is 1. The van der Waals surface area contributed by atoms with Gasteiger partial charge in [-0.1, -0.05) is 60.8 Å². The van der Waals surface area contributed by atoms with E-state index in [0.29, 0.717) is 36.0 Å². The predicted octanol–water partition coefficient (Wildman–Crippen LogP) is 5.36. The lowest BCUT2D eigenvalue weighted by Crippen LogP contribution is -2.37. The van der Waals surface area contributed by atoms with Crippen LogP contribution in [0.3, 0.4) is 0 Å². The van der Waals surface area contributed by atoms with Gasteiger partial charge >= 0.3 is 0 Å². The fraction of sp³-hybridized carbons (Fsp3) is 0.300. The summed E-state index contributed by atoms with van der Waals surface area (Å²) in [6, 6.07) is 19.7. The quantitative estimate of drug-likeness (QED) is 0.338. The molecule has 0 saturated heterocycles. The van der Waals surface area contributed by atoms with Gasteiger partial charge in [0.15, 0.2) is 5.82 Å². The number of amides is 1. The molecule has 2 N–H and O–H groups in total. The Labute approximate surface area is 227 Å². The van der Waals surface area contributed by atoms with Crippen LogP contribution in [-0.4, -0.2) is 37.9 Å². The third-order valence-corrected chi connectivity index (χ3v) is 7.97. The molecule has 7 nitrogen and oxygen atoms in total. The molecule has 3 aromatic carbocycles. The van der Waals surface area contributed by atoms with Crippen molar-refractivity contribution >= 4 is 23.2 Å². The van der Waals surface area contributed by atoms with Crippen molar-refractivity contribution in [3.8, 4) is 22.5 Å². The fourth-order valence-corrected chi connectivity index (χ4v) is 5.81. The largest absolute Gasteiger partial charge is 0.389 e. The highest BCUT2D eigenvalue weighted by molar-refractivity contribution is 6.30. The first-order valence-corrected chi connectivity index (χ1v) is 13.4. The summed E-state index contributed by atoms with van der Waals surface area (Å²) < 4.78 is 1.87. The van der Waals surface area contributed by atoms with E-state index in [4.69, 9.17) is 11.6 Å². The molecule has 2 aliphatic rings. The molecule has 1 aliphatic heterocycles. The number of aryl methyl sites for hydroxylation is 1. The molecule has 0 unspecified atom stereocenters. The Kier molecular flexibility index (Phi) is 6.51. The van der Waals surface area contributed by atoms with E-state index in [9.17, 15) is 9.90 Å². The molecule has 6 rings (SSSR count). The zero-order chi connectivity index (χ0) is 26.3. The summed E-state index contributed by atoms with van der Waals surface area (Å²) in [4.78, 5) is 15.6. The number of fused-ring (bicyclic) bond motifs is 1. The third-order valence-electron chi connectivity index (χ3n) is 7.72. The second-order valence-electron chi connectivity index (χ2n) is 10.4. The number of aliphatic hydroxyl groups is 1. The number of hydrogen-bond donors (Lipinski definition) is 2. The average molecular weight is 528 g/mol. The van der Waals surface area contributed by atoms with E-state index in [1.807, 2.05) is 71.1 Å². The highest BCUT2D eigenvalue weighted by Crippen LogP contribution is 2.41. The summed E-state index contributed by atoms with van der Waals surface area (Å²) in [5.41, 5.74) is 5.71. The Morgan fingerprint density at radius 1 is 1.05 bits per heavy atom. The molecule has 2 heterocycles. The zero-order valence-corrected chi connectivity index (χ0v) is 22.1. The van der Waals surface area contributed by atoms with E-state index in [0.717, 1.165) is 59.2 Å². The first-order valence-electron chi connectivity index (χ1n) is 13.0. The van der Waals surface area contributed by atoms with Crippen LogP contribution in [0.2, 0.25) is 5.02 Å². The van der Waals surface area contributed by atoms with Gasteiger partial charge in [-0.05, 0) is 59.4 Å². The van der Waals surface area contributed by atoms with Crippen LogP contribution in [0, 0.1) is 0 Å². The van der Waals surface area contributed by atoms with E-state index >= 15 is 0 Å². The molecule has 0 bridgehead atoms. The molecular formula is C30H30ClN5O2. The Morgan fingerprint density at radius 2 is 1.84 bits per heavy atom. The molecule has 1 amide bonds. The third kappa shape index (κ3) is 4.62. The topological polar surface area (TPSA) is 83.3 Å². The SMILES string of the molecule is Cn1cnnc1-c1c(-c2ccc(Cl)cc2)cccc1N1Cc2ccc(CNCC3(O)CCCC3)cc2C1=O. The van der Waals surface area contributed by atoms with E-state index in [1.165, 1.54) is 0 Å². The first-order chi connectivity index (χ1) is 18.4. The van der Waals surface area contributed by atoms with E-state index in [2.05, 4.69) is 21.6 Å². The minimum atomic E-state index is -0.602. The van der Waals surface area contributed by atoms with Crippen molar-refractivity contribution in [2.24, 2.45) is 7.05 Å². The Morgan fingerprint density at radius 3 is 2.58 bits per heavy atom. The van der Waals surface area contributed by atoms with E-state index in [1.54, 1.807) is 6.33 Å². The molecule has 0 spiro atoms. The van der Waals surface area contributed by atoms with Crippen molar-refractivity contribution in [2.45, 2.75) is 44.4 Å². The number of carbonyl (C=O) groups excluding carboxylic acids is 1. The highest BCUT2D eigenvalue weighted by Gasteiger charge is 2.33. The number of hydrogen-bond acceptors (Lipinski definition) is 5. The number of nitrogens with one attached hydrogen (secondary N) is 1. The van der Waals surface area contributed by atoms with Crippen LogP contribution in [-0.2, 0) is 20.1 Å². The number of rotatable bonds is 7. The minimum absolute atomic E-state index is 0.0343. The van der Waals surface area contributed by atoms with Crippen LogP contribution in [0.25, 0.3) is 22.5 Å². The predicted molar refractivity (Wildman–Crippen MR) is 149 cm³/mol. The van der Waals surface area contributed by atoms with Gasteiger partial charge in [-0.15, -0.1) is 10.2 Å². The van der Waals surface area contributed by atoms with Gasteiger partial charge in [0, 0.05) is 30.7 Å². The summed E-state index contributed by atoms with van der Waals surface area (Å²) in [5.74, 6) is 0.650. The van der Waals surface area contributed by atoms with Crippen molar-refractivity contribution < 1.29 is 9.90 Å². The Bertz CT molecular complexity index is 1490. The van der Waals surface area contributed by atoms with Gasteiger partial charge in [-0.2, -0.15) is 0 Å². The van der Waals surface area contributed by atoms with Crippen molar-refractivity contribution in [3.63, 3.8) is 0 Å². The summed E-state index contributed by atoms with van der Waals surface area (Å²) in [6.45, 7) is 1.67. The molecule has 1 aliphatic carbocycles. The number of aromatic nitrogens is 3. The van der Waals surface area contributed by atoms with Crippen LogP contribution >= 0.6 is 11.6 Å². The summed E-state index contributed by atoms with van der Waals surface area (Å²) >= 11 is 6.16. The van der Waals surface area contributed by atoms with Gasteiger partial charge in [0.25, 0.3) is 5.91 Å². The molecule has 1 saturated carbocycles. The number of halogens is 1. The molecule has 8 heteroatoms. The second-order valence-corrected chi connectivity index (χ2v) is 10.8. The van der Waals surface area contributed by atoms with Crippen LogP contribution in [0.5, 0.6) is 0 Å². The van der Waals surface area contributed by atoms with Gasteiger partial charge in [-0.3, -0.25) is 4.79 Å². The Hall–Kier alpha value is -3.52. The summed E-state index contributed by atoms with van der Waals surface area (Å²) in [7, 11) is 1.90.